The molecule has 13 heteroatoms. The molecule has 220 valence electrons. The van der Waals surface area contributed by atoms with Gasteiger partial charge in [-0.2, -0.15) is 0 Å². The van der Waals surface area contributed by atoms with Gasteiger partial charge in [0.05, 0.1) is 6.04 Å². The fourth-order valence-corrected chi connectivity index (χ4v) is 3.90. The van der Waals surface area contributed by atoms with Crippen LogP contribution in [0, 0.1) is 0 Å². The lowest BCUT2D eigenvalue weighted by atomic mass is 10.0. The SMILES string of the molecule is NC(=O)CCC(NC(=O)C(Cc1ccccc1)NC(=O)C(N)CCC(=O)O)C(=O)NC(Cc1ccccc1)C(=O)O. The zero-order valence-corrected chi connectivity index (χ0v) is 22.3. The number of hydrogen-bond acceptors (Lipinski definition) is 7. The molecule has 0 aliphatic carbocycles. The van der Waals surface area contributed by atoms with Gasteiger partial charge in [0.15, 0.2) is 0 Å². The van der Waals surface area contributed by atoms with Crippen LogP contribution in [0.5, 0.6) is 0 Å². The molecule has 0 saturated carbocycles. The molecule has 0 bridgehead atoms. The number of carbonyl (C=O) groups is 6. The van der Waals surface area contributed by atoms with Crippen molar-refractivity contribution in [3.63, 3.8) is 0 Å². The Morgan fingerprint density at radius 3 is 1.59 bits per heavy atom. The van der Waals surface area contributed by atoms with Crippen LogP contribution in [0.25, 0.3) is 0 Å². The highest BCUT2D eigenvalue weighted by Crippen LogP contribution is 2.08. The average Bonchev–Trinajstić information content (AvgIpc) is 2.93. The van der Waals surface area contributed by atoms with Gasteiger partial charge in [0.25, 0.3) is 0 Å². The van der Waals surface area contributed by atoms with Crippen LogP contribution < -0.4 is 27.4 Å². The summed E-state index contributed by atoms with van der Waals surface area (Å²) < 4.78 is 0. The Labute approximate surface area is 236 Å². The third kappa shape index (κ3) is 11.9. The Morgan fingerprint density at radius 2 is 1.10 bits per heavy atom. The molecular formula is C28H35N5O8. The number of amides is 4. The maximum Gasteiger partial charge on any atom is 0.326 e. The molecule has 2 aromatic carbocycles. The number of hydrogen-bond donors (Lipinski definition) is 7. The van der Waals surface area contributed by atoms with E-state index in [1.54, 1.807) is 60.7 Å². The Hall–Kier alpha value is -4.78. The van der Waals surface area contributed by atoms with Crippen molar-refractivity contribution in [2.45, 2.75) is 62.7 Å². The van der Waals surface area contributed by atoms with Gasteiger partial charge in [0, 0.05) is 25.7 Å². The Balaban J connectivity index is 2.23. The normalized spacial score (nSPS) is 13.6. The van der Waals surface area contributed by atoms with Crippen LogP contribution in [-0.2, 0) is 41.6 Å². The summed E-state index contributed by atoms with van der Waals surface area (Å²) in [6.45, 7) is 0. The third-order valence-electron chi connectivity index (χ3n) is 6.13. The van der Waals surface area contributed by atoms with E-state index < -0.39 is 59.7 Å². The van der Waals surface area contributed by atoms with E-state index in [0.29, 0.717) is 11.1 Å². The molecule has 13 nitrogen and oxygen atoms in total. The fraction of sp³-hybridized carbons (Fsp3) is 0.357. The predicted molar refractivity (Wildman–Crippen MR) is 147 cm³/mol. The van der Waals surface area contributed by atoms with Gasteiger partial charge in [0.1, 0.15) is 18.1 Å². The van der Waals surface area contributed by atoms with E-state index in [1.165, 1.54) is 0 Å². The number of nitrogens with two attached hydrogens (primary N) is 2. The summed E-state index contributed by atoms with van der Waals surface area (Å²) in [6.07, 6.45) is -1.06. The second-order valence-electron chi connectivity index (χ2n) is 9.45. The lowest BCUT2D eigenvalue weighted by molar-refractivity contribution is -0.142. The molecule has 9 N–H and O–H groups in total. The second kappa shape index (κ2) is 16.4. The van der Waals surface area contributed by atoms with Gasteiger partial charge in [-0.3, -0.25) is 24.0 Å². The lowest BCUT2D eigenvalue weighted by Crippen LogP contribution is -2.58. The van der Waals surface area contributed by atoms with Crippen LogP contribution in [0.4, 0.5) is 0 Å². The summed E-state index contributed by atoms with van der Waals surface area (Å²) in [5.74, 6) is -5.60. The number of nitrogens with one attached hydrogen (secondary N) is 3. The smallest absolute Gasteiger partial charge is 0.326 e. The number of carboxylic acid groups (broad SMARTS) is 2. The van der Waals surface area contributed by atoms with E-state index in [9.17, 15) is 33.9 Å². The maximum atomic E-state index is 13.4. The van der Waals surface area contributed by atoms with Crippen molar-refractivity contribution >= 4 is 35.6 Å². The summed E-state index contributed by atoms with van der Waals surface area (Å²) in [5.41, 5.74) is 12.4. The number of benzene rings is 2. The first-order chi connectivity index (χ1) is 19.5. The van der Waals surface area contributed by atoms with E-state index in [4.69, 9.17) is 16.6 Å². The minimum absolute atomic E-state index is 0.0000194. The first-order valence-electron chi connectivity index (χ1n) is 12.9. The van der Waals surface area contributed by atoms with Crippen molar-refractivity contribution in [1.82, 2.24) is 16.0 Å². The molecule has 41 heavy (non-hydrogen) atoms. The van der Waals surface area contributed by atoms with Gasteiger partial charge in [-0.15, -0.1) is 0 Å². The van der Waals surface area contributed by atoms with Crippen LogP contribution in [0.15, 0.2) is 60.7 Å². The zero-order valence-electron chi connectivity index (χ0n) is 22.3. The molecule has 0 aromatic heterocycles. The standard InChI is InChI=1S/C28H35N5O8/c29-19(11-14-24(35)36)25(37)32-21(15-17-7-3-1-4-8-17)27(39)31-20(12-13-23(30)34)26(38)33-22(28(40)41)16-18-9-5-2-6-10-18/h1-10,19-22H,11-16,29H2,(H2,30,34)(H,31,39)(H,32,37)(H,33,38)(H,35,36)(H,40,41). The van der Waals surface area contributed by atoms with Gasteiger partial charge in [0.2, 0.25) is 23.6 Å². The number of carbonyl (C=O) groups excluding carboxylic acids is 4. The zero-order chi connectivity index (χ0) is 30.4. The lowest BCUT2D eigenvalue weighted by Gasteiger charge is -2.25. The third-order valence-corrected chi connectivity index (χ3v) is 6.13. The molecule has 0 fully saturated rings. The van der Waals surface area contributed by atoms with Crippen LogP contribution in [0.2, 0.25) is 0 Å². The highest BCUT2D eigenvalue weighted by Gasteiger charge is 2.31. The Morgan fingerprint density at radius 1 is 0.634 bits per heavy atom. The van der Waals surface area contributed by atoms with E-state index in [2.05, 4.69) is 16.0 Å². The van der Waals surface area contributed by atoms with Gasteiger partial charge < -0.3 is 37.6 Å². The molecule has 0 spiro atoms. The van der Waals surface area contributed by atoms with Crippen LogP contribution in [-0.4, -0.2) is 69.9 Å². The Kier molecular flexibility index (Phi) is 12.9. The summed E-state index contributed by atoms with van der Waals surface area (Å²) in [5, 5.41) is 25.9. The topological polar surface area (TPSA) is 231 Å². The highest BCUT2D eigenvalue weighted by molar-refractivity contribution is 5.94. The van der Waals surface area contributed by atoms with E-state index in [-0.39, 0.29) is 38.5 Å². The summed E-state index contributed by atoms with van der Waals surface area (Å²) in [4.78, 5) is 73.4. The van der Waals surface area contributed by atoms with Crippen molar-refractivity contribution in [2.75, 3.05) is 0 Å². The first-order valence-corrected chi connectivity index (χ1v) is 12.9. The Bertz CT molecular complexity index is 1210. The molecule has 0 radical (unpaired) electrons. The number of rotatable bonds is 17. The number of carboxylic acids is 2. The largest absolute Gasteiger partial charge is 0.481 e. The van der Waals surface area contributed by atoms with Gasteiger partial charge >= 0.3 is 11.9 Å². The van der Waals surface area contributed by atoms with E-state index >= 15 is 0 Å². The minimum atomic E-state index is -1.36. The van der Waals surface area contributed by atoms with E-state index in [1.807, 2.05) is 0 Å². The van der Waals surface area contributed by atoms with Crippen LogP contribution >= 0.6 is 0 Å². The van der Waals surface area contributed by atoms with E-state index in [0.717, 1.165) is 0 Å². The molecule has 4 amide bonds. The minimum Gasteiger partial charge on any atom is -0.481 e. The van der Waals surface area contributed by atoms with Crippen molar-refractivity contribution < 1.29 is 39.0 Å². The molecule has 4 atom stereocenters. The van der Waals surface area contributed by atoms with Crippen molar-refractivity contribution in [2.24, 2.45) is 11.5 Å². The van der Waals surface area contributed by atoms with Crippen LogP contribution in [0.1, 0.15) is 36.8 Å². The van der Waals surface area contributed by atoms with Crippen molar-refractivity contribution in [3.8, 4) is 0 Å². The summed E-state index contributed by atoms with van der Waals surface area (Å²) in [6, 6.07) is 12.1. The fourth-order valence-electron chi connectivity index (χ4n) is 3.90. The van der Waals surface area contributed by atoms with Crippen molar-refractivity contribution in [3.05, 3.63) is 71.8 Å². The molecule has 4 unspecified atom stereocenters. The molecule has 2 aromatic rings. The van der Waals surface area contributed by atoms with Gasteiger partial charge in [-0.1, -0.05) is 60.7 Å². The first kappa shape index (κ1) is 32.4. The molecule has 0 aliphatic rings. The maximum absolute atomic E-state index is 13.4. The van der Waals surface area contributed by atoms with Crippen molar-refractivity contribution in [1.29, 1.82) is 0 Å². The quantitative estimate of drug-likeness (QED) is 0.130. The molecule has 2 rings (SSSR count). The summed E-state index contributed by atoms with van der Waals surface area (Å²) >= 11 is 0. The monoisotopic (exact) mass is 569 g/mol. The van der Waals surface area contributed by atoms with Crippen LogP contribution in [0.3, 0.4) is 0 Å². The number of aliphatic carboxylic acids is 2. The average molecular weight is 570 g/mol. The second-order valence-corrected chi connectivity index (χ2v) is 9.45. The molecule has 0 aliphatic heterocycles. The number of primary amides is 1. The predicted octanol–water partition coefficient (Wildman–Crippen LogP) is -0.532. The molecule has 0 heterocycles. The van der Waals surface area contributed by atoms with Gasteiger partial charge in [-0.25, -0.2) is 4.79 Å². The molecule has 0 saturated heterocycles. The molecular weight excluding hydrogens is 534 g/mol. The highest BCUT2D eigenvalue weighted by atomic mass is 16.4. The summed E-state index contributed by atoms with van der Waals surface area (Å²) in [7, 11) is 0. The van der Waals surface area contributed by atoms with Gasteiger partial charge in [-0.05, 0) is 24.0 Å².